The van der Waals surface area contributed by atoms with Crippen molar-refractivity contribution < 1.29 is 14.2 Å². The number of aryl methyl sites for hydroxylation is 1. The maximum atomic E-state index is 9.61. The highest BCUT2D eigenvalue weighted by atomic mass is 79.9. The zero-order valence-electron chi connectivity index (χ0n) is 20.9. The average molecular weight is 559 g/mol. The van der Waals surface area contributed by atoms with Crippen molar-refractivity contribution in [3.8, 4) is 17.6 Å². The van der Waals surface area contributed by atoms with Gasteiger partial charge in [-0.25, -0.2) is 4.98 Å². The highest BCUT2D eigenvalue weighted by Crippen LogP contribution is 2.37. The lowest BCUT2D eigenvalue weighted by molar-refractivity contribution is 0.184. The van der Waals surface area contributed by atoms with Gasteiger partial charge in [0.15, 0.2) is 17.3 Å². The van der Waals surface area contributed by atoms with Crippen molar-refractivity contribution in [3.05, 3.63) is 93.1 Å². The first-order valence-electron chi connectivity index (χ1n) is 11.8. The van der Waals surface area contributed by atoms with Crippen LogP contribution in [0.3, 0.4) is 0 Å². The normalized spacial score (nSPS) is 11.0. The van der Waals surface area contributed by atoms with Gasteiger partial charge in [-0.1, -0.05) is 42.5 Å². The number of hydrazone groups is 1. The molecule has 0 aliphatic carbocycles. The number of hydrogen-bond acceptors (Lipinski definition) is 7. The fourth-order valence-corrected chi connectivity index (χ4v) is 4.59. The van der Waals surface area contributed by atoms with Crippen LogP contribution in [0, 0.1) is 18.3 Å². The van der Waals surface area contributed by atoms with Gasteiger partial charge in [-0.15, -0.1) is 0 Å². The van der Waals surface area contributed by atoms with Gasteiger partial charge >= 0.3 is 0 Å². The zero-order valence-corrected chi connectivity index (χ0v) is 22.5. The molecule has 0 spiro atoms. The number of pyridine rings is 1. The number of halogens is 1. The quantitative estimate of drug-likeness (QED) is 0.171. The lowest BCUT2D eigenvalue weighted by atomic mass is 10.1. The van der Waals surface area contributed by atoms with E-state index in [4.69, 9.17) is 14.2 Å². The summed E-state index contributed by atoms with van der Waals surface area (Å²) in [6, 6.07) is 22.2. The Balaban J connectivity index is 1.56. The zero-order chi connectivity index (χ0) is 26.2. The molecular weight excluding hydrogens is 532 g/mol. The van der Waals surface area contributed by atoms with Gasteiger partial charge in [0.05, 0.1) is 23.9 Å². The van der Waals surface area contributed by atoms with E-state index in [0.29, 0.717) is 42.7 Å². The van der Waals surface area contributed by atoms with Gasteiger partial charge in [-0.05, 0) is 69.9 Å². The van der Waals surface area contributed by atoms with Crippen LogP contribution in [-0.4, -0.2) is 24.9 Å². The minimum atomic E-state index is 0.315. The van der Waals surface area contributed by atoms with Gasteiger partial charge in [-0.3, -0.25) is 5.43 Å². The van der Waals surface area contributed by atoms with Crippen LogP contribution in [0.2, 0.25) is 0 Å². The molecule has 188 valence electrons. The Labute approximate surface area is 224 Å². The summed E-state index contributed by atoms with van der Waals surface area (Å²) in [5.41, 5.74) is 6.68. The average Bonchev–Trinajstić information content (AvgIpc) is 2.88. The predicted octanol–water partition coefficient (Wildman–Crippen LogP) is 6.75. The molecule has 3 aromatic carbocycles. The number of hydrogen-bond donors (Lipinski definition) is 1. The molecule has 4 rings (SSSR count). The Morgan fingerprint density at radius 2 is 1.86 bits per heavy atom. The molecule has 0 unspecified atom stereocenters. The van der Waals surface area contributed by atoms with Crippen molar-refractivity contribution >= 4 is 38.7 Å². The number of benzene rings is 3. The Kier molecular flexibility index (Phi) is 8.72. The Morgan fingerprint density at radius 3 is 2.65 bits per heavy atom. The Morgan fingerprint density at radius 1 is 1.05 bits per heavy atom. The van der Waals surface area contributed by atoms with E-state index in [1.165, 1.54) is 5.39 Å². The molecule has 7 nitrogen and oxygen atoms in total. The summed E-state index contributed by atoms with van der Waals surface area (Å²) >= 11 is 3.63. The molecule has 0 atom stereocenters. The van der Waals surface area contributed by atoms with E-state index in [2.05, 4.69) is 61.8 Å². The van der Waals surface area contributed by atoms with Gasteiger partial charge < -0.3 is 14.2 Å². The summed E-state index contributed by atoms with van der Waals surface area (Å²) in [5, 5.41) is 16.3. The van der Waals surface area contributed by atoms with Crippen LogP contribution in [0.5, 0.6) is 11.5 Å². The smallest absolute Gasteiger partial charge is 0.175 e. The number of nitriles is 1. The summed E-state index contributed by atoms with van der Waals surface area (Å²) in [7, 11) is 1.59. The first-order valence-corrected chi connectivity index (χ1v) is 12.6. The minimum Gasteiger partial charge on any atom is -0.490 e. The van der Waals surface area contributed by atoms with Crippen LogP contribution in [0.15, 0.2) is 70.2 Å². The molecule has 0 aliphatic heterocycles. The second-order valence-electron chi connectivity index (χ2n) is 8.25. The number of anilines is 1. The van der Waals surface area contributed by atoms with Crippen molar-refractivity contribution in [3.63, 3.8) is 0 Å². The largest absolute Gasteiger partial charge is 0.490 e. The molecule has 0 bridgehead atoms. The lowest BCUT2D eigenvalue weighted by Crippen LogP contribution is -2.04. The number of nitrogens with one attached hydrogen (secondary N) is 1. The molecule has 1 heterocycles. The summed E-state index contributed by atoms with van der Waals surface area (Å²) in [6.07, 6.45) is 1.64. The van der Waals surface area contributed by atoms with Crippen molar-refractivity contribution in [1.82, 2.24) is 4.98 Å². The van der Waals surface area contributed by atoms with Gasteiger partial charge in [0, 0.05) is 18.4 Å². The molecule has 37 heavy (non-hydrogen) atoms. The monoisotopic (exact) mass is 558 g/mol. The van der Waals surface area contributed by atoms with E-state index in [9.17, 15) is 5.26 Å². The summed E-state index contributed by atoms with van der Waals surface area (Å²) in [6.45, 7) is 4.98. The van der Waals surface area contributed by atoms with Crippen LogP contribution in [0.25, 0.3) is 10.8 Å². The highest BCUT2D eigenvalue weighted by Gasteiger charge is 2.14. The molecule has 0 aliphatic rings. The first kappa shape index (κ1) is 26.1. The second-order valence-corrected chi connectivity index (χ2v) is 9.11. The second kappa shape index (κ2) is 12.3. The van der Waals surface area contributed by atoms with Crippen LogP contribution in [0.4, 0.5) is 5.82 Å². The third kappa shape index (κ3) is 6.26. The molecule has 0 fully saturated rings. The SMILES string of the molecule is CCOc1cc(/C=N\Nc2nc(C)cc(COC)c2C#N)cc(Br)c1OCc1cccc2ccccc12. The van der Waals surface area contributed by atoms with E-state index in [-0.39, 0.29) is 0 Å². The Hall–Kier alpha value is -3.93. The molecule has 4 aromatic rings. The van der Waals surface area contributed by atoms with Crippen LogP contribution in [-0.2, 0) is 18.0 Å². The van der Waals surface area contributed by atoms with Crippen LogP contribution >= 0.6 is 15.9 Å². The fourth-order valence-electron chi connectivity index (χ4n) is 4.02. The number of ether oxygens (including phenoxy) is 3. The van der Waals surface area contributed by atoms with Gasteiger partial charge in [0.1, 0.15) is 18.2 Å². The van der Waals surface area contributed by atoms with Gasteiger partial charge in [0.25, 0.3) is 0 Å². The fraction of sp³-hybridized carbons (Fsp3) is 0.207. The van der Waals surface area contributed by atoms with Crippen molar-refractivity contribution in [2.75, 3.05) is 19.1 Å². The van der Waals surface area contributed by atoms with E-state index >= 15 is 0 Å². The number of methoxy groups -OCH3 is 1. The lowest BCUT2D eigenvalue weighted by Gasteiger charge is -2.15. The first-order chi connectivity index (χ1) is 18.0. The van der Waals surface area contributed by atoms with Crippen LogP contribution in [0.1, 0.15) is 34.9 Å². The Bertz CT molecular complexity index is 1480. The summed E-state index contributed by atoms with van der Waals surface area (Å²) < 4.78 is 18.1. The van der Waals surface area contributed by atoms with E-state index in [0.717, 1.165) is 32.2 Å². The third-order valence-corrected chi connectivity index (χ3v) is 6.20. The van der Waals surface area contributed by atoms with E-state index in [1.807, 2.05) is 50.2 Å². The number of aromatic nitrogens is 1. The summed E-state index contributed by atoms with van der Waals surface area (Å²) in [5.74, 6) is 1.61. The maximum Gasteiger partial charge on any atom is 0.175 e. The molecule has 1 aromatic heterocycles. The summed E-state index contributed by atoms with van der Waals surface area (Å²) in [4.78, 5) is 4.41. The number of fused-ring (bicyclic) bond motifs is 1. The molecule has 0 saturated carbocycles. The van der Waals surface area contributed by atoms with Crippen molar-refractivity contribution in [2.45, 2.75) is 27.1 Å². The van der Waals surface area contributed by atoms with E-state index < -0.39 is 0 Å². The molecule has 1 N–H and O–H groups in total. The molecule has 0 radical (unpaired) electrons. The predicted molar refractivity (Wildman–Crippen MR) is 149 cm³/mol. The number of rotatable bonds is 10. The minimum absolute atomic E-state index is 0.315. The van der Waals surface area contributed by atoms with Crippen LogP contribution < -0.4 is 14.9 Å². The maximum absolute atomic E-state index is 9.61. The van der Waals surface area contributed by atoms with Crippen molar-refractivity contribution in [2.24, 2.45) is 5.10 Å². The molecule has 0 amide bonds. The standard InChI is InChI=1S/C29H27BrN4O3/c1-4-36-27-14-20(16-32-34-29-25(15-31)23(17-35-3)12-19(2)33-29)13-26(30)28(27)37-18-22-10-7-9-21-8-5-6-11-24(21)22/h5-14,16H,4,17-18H2,1-3H3,(H,33,34)/b32-16-. The molecule has 0 saturated heterocycles. The third-order valence-electron chi connectivity index (χ3n) is 5.61. The molecular formula is C29H27BrN4O3. The van der Waals surface area contributed by atoms with E-state index in [1.54, 1.807) is 13.3 Å². The number of nitrogens with zero attached hydrogens (tertiary/aromatic N) is 3. The molecule has 8 heteroatoms. The highest BCUT2D eigenvalue weighted by molar-refractivity contribution is 9.10. The van der Waals surface area contributed by atoms with Gasteiger partial charge in [0.2, 0.25) is 0 Å². The van der Waals surface area contributed by atoms with Crippen molar-refractivity contribution in [1.29, 1.82) is 5.26 Å². The van der Waals surface area contributed by atoms with Gasteiger partial charge in [-0.2, -0.15) is 10.4 Å². The topological polar surface area (TPSA) is 88.8 Å².